The van der Waals surface area contributed by atoms with Crippen molar-refractivity contribution in [1.82, 2.24) is 20.4 Å². The number of nitrogens with zero attached hydrogens (tertiary/aromatic N) is 2. The highest BCUT2D eigenvalue weighted by Crippen LogP contribution is 2.28. The molecular weight excluding hydrogens is 393 g/mol. The molecule has 5 nitrogen and oxygen atoms in total. The third-order valence-electron chi connectivity index (χ3n) is 5.44. The molecule has 2 aromatic carbocycles. The predicted molar refractivity (Wildman–Crippen MR) is 106 cm³/mol. The Morgan fingerprint density at radius 2 is 1.90 bits per heavy atom. The van der Waals surface area contributed by atoms with Crippen LogP contribution in [0.2, 0.25) is 0 Å². The van der Waals surface area contributed by atoms with Crippen molar-refractivity contribution in [2.24, 2.45) is 7.05 Å². The first-order valence-corrected chi connectivity index (χ1v) is 9.68. The van der Waals surface area contributed by atoms with Crippen LogP contribution in [0, 0.1) is 17.5 Å². The molecular formula is C22H21F3N4O. The minimum absolute atomic E-state index is 0.0873. The van der Waals surface area contributed by atoms with Crippen LogP contribution in [0.15, 0.2) is 48.7 Å². The van der Waals surface area contributed by atoms with E-state index in [1.165, 1.54) is 24.3 Å². The molecule has 30 heavy (non-hydrogen) atoms. The van der Waals surface area contributed by atoms with Gasteiger partial charge in [0.05, 0.1) is 11.3 Å². The molecule has 156 valence electrons. The van der Waals surface area contributed by atoms with Gasteiger partial charge in [-0.25, -0.2) is 13.2 Å². The van der Waals surface area contributed by atoms with E-state index in [-0.39, 0.29) is 11.5 Å². The maximum Gasteiger partial charge on any atom is 0.254 e. The second-order valence-corrected chi connectivity index (χ2v) is 7.42. The molecule has 2 atom stereocenters. The second kappa shape index (κ2) is 8.31. The lowest BCUT2D eigenvalue weighted by molar-refractivity contribution is 0.0920. The van der Waals surface area contributed by atoms with Crippen LogP contribution >= 0.6 is 0 Å². The standard InChI is InChI=1S/C22H21F3N4O/c1-29-21(5-7-27-29)13-2-3-18(19(25)10-13)22(30)28-20-12-26-6-4-17(20)14-8-15(23)11-16(24)9-14/h2-3,5,7-11,17,20,26H,4,6,12H2,1H3,(H,28,30)/t17-,20+/m0/s1. The van der Waals surface area contributed by atoms with E-state index in [4.69, 9.17) is 0 Å². The van der Waals surface area contributed by atoms with Crippen molar-refractivity contribution in [2.45, 2.75) is 18.4 Å². The van der Waals surface area contributed by atoms with Gasteiger partial charge in [-0.15, -0.1) is 0 Å². The molecule has 3 aromatic rings. The molecule has 2 N–H and O–H groups in total. The van der Waals surface area contributed by atoms with Crippen molar-refractivity contribution >= 4 is 5.91 Å². The third kappa shape index (κ3) is 4.09. The lowest BCUT2D eigenvalue weighted by Crippen LogP contribution is -2.50. The van der Waals surface area contributed by atoms with Gasteiger partial charge >= 0.3 is 0 Å². The summed E-state index contributed by atoms with van der Waals surface area (Å²) < 4.78 is 43.7. The molecule has 0 radical (unpaired) electrons. The maximum absolute atomic E-state index is 14.7. The highest BCUT2D eigenvalue weighted by molar-refractivity contribution is 5.95. The van der Waals surface area contributed by atoms with Gasteiger partial charge in [0.15, 0.2) is 0 Å². The Kier molecular flexibility index (Phi) is 5.59. The highest BCUT2D eigenvalue weighted by atomic mass is 19.1. The van der Waals surface area contributed by atoms with Crippen LogP contribution in [0.3, 0.4) is 0 Å². The van der Waals surface area contributed by atoms with Crippen molar-refractivity contribution in [3.8, 4) is 11.3 Å². The predicted octanol–water partition coefficient (Wildman–Crippen LogP) is 3.38. The molecule has 1 amide bonds. The van der Waals surface area contributed by atoms with Gasteiger partial charge in [0.2, 0.25) is 0 Å². The van der Waals surface area contributed by atoms with Crippen LogP contribution in [-0.2, 0) is 7.05 Å². The SMILES string of the molecule is Cn1nccc1-c1ccc(C(=O)N[C@@H]2CNCC[C@H]2c2cc(F)cc(F)c2)c(F)c1. The molecule has 0 bridgehead atoms. The van der Waals surface area contributed by atoms with Crippen molar-refractivity contribution in [2.75, 3.05) is 13.1 Å². The average Bonchev–Trinajstić information content (AvgIpc) is 3.13. The molecule has 1 aliphatic rings. The van der Waals surface area contributed by atoms with E-state index in [9.17, 15) is 18.0 Å². The molecule has 1 aliphatic heterocycles. The Morgan fingerprint density at radius 3 is 2.57 bits per heavy atom. The van der Waals surface area contributed by atoms with Crippen LogP contribution < -0.4 is 10.6 Å². The Labute approximate surface area is 171 Å². The van der Waals surface area contributed by atoms with Crippen LogP contribution in [0.4, 0.5) is 13.2 Å². The summed E-state index contributed by atoms with van der Waals surface area (Å²) in [4.78, 5) is 12.8. The van der Waals surface area contributed by atoms with E-state index in [1.54, 1.807) is 30.1 Å². The summed E-state index contributed by atoms with van der Waals surface area (Å²) in [6.45, 7) is 1.08. The number of hydrogen-bond donors (Lipinski definition) is 2. The summed E-state index contributed by atoms with van der Waals surface area (Å²) in [5, 5.41) is 10.1. The summed E-state index contributed by atoms with van der Waals surface area (Å²) >= 11 is 0. The van der Waals surface area contributed by atoms with Gasteiger partial charge in [0.1, 0.15) is 17.5 Å². The minimum Gasteiger partial charge on any atom is -0.347 e. The topological polar surface area (TPSA) is 59.0 Å². The lowest BCUT2D eigenvalue weighted by Gasteiger charge is -2.33. The molecule has 4 rings (SSSR count). The molecule has 1 aromatic heterocycles. The number of rotatable bonds is 4. The smallest absolute Gasteiger partial charge is 0.254 e. The van der Waals surface area contributed by atoms with E-state index in [2.05, 4.69) is 15.7 Å². The molecule has 1 fully saturated rings. The van der Waals surface area contributed by atoms with E-state index in [0.29, 0.717) is 30.6 Å². The number of amides is 1. The number of halogens is 3. The Bertz CT molecular complexity index is 1060. The normalized spacial score (nSPS) is 18.9. The van der Waals surface area contributed by atoms with E-state index in [0.717, 1.165) is 11.8 Å². The van der Waals surface area contributed by atoms with Gasteiger partial charge in [-0.05, 0) is 48.9 Å². The highest BCUT2D eigenvalue weighted by Gasteiger charge is 2.29. The summed E-state index contributed by atoms with van der Waals surface area (Å²) in [6.07, 6.45) is 2.20. The molecule has 2 heterocycles. The molecule has 0 spiro atoms. The van der Waals surface area contributed by atoms with Crippen molar-refractivity contribution < 1.29 is 18.0 Å². The number of nitrogens with one attached hydrogen (secondary N) is 2. The molecule has 0 saturated carbocycles. The van der Waals surface area contributed by atoms with Crippen LogP contribution in [-0.4, -0.2) is 34.8 Å². The van der Waals surface area contributed by atoms with Crippen molar-refractivity contribution in [3.63, 3.8) is 0 Å². The van der Waals surface area contributed by atoms with E-state index >= 15 is 0 Å². The van der Waals surface area contributed by atoms with Crippen LogP contribution in [0.5, 0.6) is 0 Å². The summed E-state index contributed by atoms with van der Waals surface area (Å²) in [7, 11) is 1.75. The summed E-state index contributed by atoms with van der Waals surface area (Å²) in [5.41, 5.74) is 1.73. The molecule has 1 saturated heterocycles. The first kappa shape index (κ1) is 20.2. The zero-order chi connectivity index (χ0) is 21.3. The zero-order valence-corrected chi connectivity index (χ0v) is 16.3. The number of aryl methyl sites for hydroxylation is 1. The van der Waals surface area contributed by atoms with E-state index in [1.807, 2.05) is 0 Å². The van der Waals surface area contributed by atoms with Crippen LogP contribution in [0.1, 0.15) is 28.3 Å². The average molecular weight is 414 g/mol. The van der Waals surface area contributed by atoms with Crippen molar-refractivity contribution in [3.05, 3.63) is 77.2 Å². The Hall–Kier alpha value is -3.13. The van der Waals surface area contributed by atoms with Crippen LogP contribution in [0.25, 0.3) is 11.3 Å². The Balaban J connectivity index is 1.55. The summed E-state index contributed by atoms with van der Waals surface area (Å²) in [6, 6.07) is 9.09. The number of aromatic nitrogens is 2. The van der Waals surface area contributed by atoms with E-state index < -0.39 is 29.4 Å². The first-order chi connectivity index (χ1) is 14.4. The lowest BCUT2D eigenvalue weighted by atomic mass is 9.85. The Morgan fingerprint density at radius 1 is 1.13 bits per heavy atom. The van der Waals surface area contributed by atoms with Gasteiger partial charge in [-0.1, -0.05) is 6.07 Å². The number of piperidine rings is 1. The maximum atomic E-state index is 14.7. The zero-order valence-electron chi connectivity index (χ0n) is 16.3. The van der Waals surface area contributed by atoms with Gasteiger partial charge in [-0.2, -0.15) is 5.10 Å². The van der Waals surface area contributed by atoms with Gasteiger partial charge in [0, 0.05) is 43.4 Å². The minimum atomic E-state index is -0.662. The fraction of sp³-hybridized carbons (Fsp3) is 0.273. The molecule has 0 unspecified atom stereocenters. The largest absolute Gasteiger partial charge is 0.347 e. The third-order valence-corrected chi connectivity index (χ3v) is 5.44. The first-order valence-electron chi connectivity index (χ1n) is 9.68. The number of carbonyl (C=O) groups excluding carboxylic acids is 1. The second-order valence-electron chi connectivity index (χ2n) is 7.42. The summed E-state index contributed by atoms with van der Waals surface area (Å²) in [5.74, 6) is -2.82. The number of hydrogen-bond acceptors (Lipinski definition) is 3. The number of carbonyl (C=O) groups is 1. The van der Waals surface area contributed by atoms with Gasteiger partial charge in [-0.3, -0.25) is 9.48 Å². The molecule has 8 heteroatoms. The fourth-order valence-corrected chi connectivity index (χ4v) is 3.96. The fourth-order valence-electron chi connectivity index (χ4n) is 3.96. The molecule has 0 aliphatic carbocycles. The number of benzene rings is 2. The van der Waals surface area contributed by atoms with Gasteiger partial charge in [0.25, 0.3) is 5.91 Å². The monoisotopic (exact) mass is 414 g/mol. The van der Waals surface area contributed by atoms with Gasteiger partial charge < -0.3 is 10.6 Å². The van der Waals surface area contributed by atoms with Crippen molar-refractivity contribution in [1.29, 1.82) is 0 Å². The quantitative estimate of drug-likeness (QED) is 0.688.